The number of nitrogens with zero attached hydrogens (tertiary/aromatic N) is 2. The summed E-state index contributed by atoms with van der Waals surface area (Å²) in [5.41, 5.74) is 3.88. The van der Waals surface area contributed by atoms with Crippen molar-refractivity contribution in [2.45, 2.75) is 20.0 Å². The van der Waals surface area contributed by atoms with Gasteiger partial charge in [0.2, 0.25) is 0 Å². The van der Waals surface area contributed by atoms with Crippen LogP contribution in [-0.4, -0.2) is 31.1 Å². The topological polar surface area (TPSA) is 66.5 Å². The van der Waals surface area contributed by atoms with E-state index in [1.165, 1.54) is 0 Å². The van der Waals surface area contributed by atoms with Crippen LogP contribution in [-0.2, 0) is 0 Å². The number of anilines is 4. The van der Waals surface area contributed by atoms with Gasteiger partial charge in [0.05, 0.1) is 6.10 Å². The van der Waals surface area contributed by atoms with E-state index in [4.69, 9.17) is 4.74 Å². The Morgan fingerprint density at radius 3 is 2.21 bits per heavy atom. The van der Waals surface area contributed by atoms with Crippen molar-refractivity contribution in [2.75, 3.05) is 29.6 Å². The molecule has 2 N–H and O–H groups in total. The van der Waals surface area contributed by atoms with Crippen molar-refractivity contribution >= 4 is 28.7 Å². The van der Waals surface area contributed by atoms with Crippen LogP contribution in [0.3, 0.4) is 0 Å². The molecule has 0 aliphatic heterocycles. The average Bonchev–Trinajstić information content (AvgIpc) is 2.70. The Kier molecular flexibility index (Phi) is 6.34. The van der Waals surface area contributed by atoms with Gasteiger partial charge in [-0.2, -0.15) is 0 Å². The molecule has 0 spiro atoms. The second-order valence-electron chi connectivity index (χ2n) is 7.14. The maximum Gasteiger partial charge on any atom is 0.274 e. The lowest BCUT2D eigenvalue weighted by Crippen LogP contribution is -2.14. The molecule has 29 heavy (non-hydrogen) atoms. The number of benzene rings is 2. The molecule has 1 heterocycles. The average molecular weight is 390 g/mol. The summed E-state index contributed by atoms with van der Waals surface area (Å²) < 4.78 is 5.62. The van der Waals surface area contributed by atoms with Crippen molar-refractivity contribution in [1.82, 2.24) is 4.98 Å². The third kappa shape index (κ3) is 5.72. The molecule has 1 amide bonds. The quantitative estimate of drug-likeness (QED) is 0.599. The Balaban J connectivity index is 1.66. The van der Waals surface area contributed by atoms with Crippen molar-refractivity contribution in [3.05, 3.63) is 72.6 Å². The lowest BCUT2D eigenvalue weighted by atomic mass is 10.2. The molecule has 0 saturated heterocycles. The first-order chi connectivity index (χ1) is 13.9. The molecular formula is C23H26N4O2. The van der Waals surface area contributed by atoms with Gasteiger partial charge >= 0.3 is 0 Å². The number of aromatic nitrogens is 1. The fourth-order valence-corrected chi connectivity index (χ4v) is 2.73. The summed E-state index contributed by atoms with van der Waals surface area (Å²) >= 11 is 0. The molecule has 0 bridgehead atoms. The van der Waals surface area contributed by atoms with Crippen LogP contribution in [0.15, 0.2) is 66.9 Å². The van der Waals surface area contributed by atoms with Gasteiger partial charge in [0.1, 0.15) is 11.4 Å². The minimum Gasteiger partial charge on any atom is -0.491 e. The van der Waals surface area contributed by atoms with Crippen LogP contribution >= 0.6 is 0 Å². The molecule has 0 atom stereocenters. The Morgan fingerprint density at radius 1 is 0.931 bits per heavy atom. The van der Waals surface area contributed by atoms with Crippen molar-refractivity contribution in [3.8, 4) is 5.75 Å². The van der Waals surface area contributed by atoms with Crippen LogP contribution in [0, 0.1) is 0 Å². The van der Waals surface area contributed by atoms with Gasteiger partial charge in [0.15, 0.2) is 0 Å². The number of rotatable bonds is 7. The van der Waals surface area contributed by atoms with Crippen LogP contribution in [0.5, 0.6) is 5.75 Å². The molecule has 0 aliphatic carbocycles. The maximum atomic E-state index is 12.6. The fraction of sp³-hybridized carbons (Fsp3) is 0.217. The highest BCUT2D eigenvalue weighted by Crippen LogP contribution is 2.21. The van der Waals surface area contributed by atoms with E-state index >= 15 is 0 Å². The summed E-state index contributed by atoms with van der Waals surface area (Å²) in [7, 11) is 4.00. The summed E-state index contributed by atoms with van der Waals surface area (Å²) in [5, 5.41) is 6.16. The lowest BCUT2D eigenvalue weighted by Gasteiger charge is -2.13. The van der Waals surface area contributed by atoms with Crippen molar-refractivity contribution in [3.63, 3.8) is 0 Å². The third-order valence-electron chi connectivity index (χ3n) is 4.15. The number of pyridine rings is 1. The minimum atomic E-state index is -0.269. The number of carbonyl (C=O) groups is 1. The van der Waals surface area contributed by atoms with Gasteiger partial charge in [0.25, 0.3) is 5.91 Å². The van der Waals surface area contributed by atoms with Crippen LogP contribution in [0.25, 0.3) is 0 Å². The van der Waals surface area contributed by atoms with Gasteiger partial charge in [-0.3, -0.25) is 9.78 Å². The van der Waals surface area contributed by atoms with Gasteiger partial charge in [-0.15, -0.1) is 0 Å². The number of amides is 1. The summed E-state index contributed by atoms with van der Waals surface area (Å²) in [6.45, 7) is 3.94. The summed E-state index contributed by atoms with van der Waals surface area (Å²) in [4.78, 5) is 18.8. The van der Waals surface area contributed by atoms with Crippen LogP contribution in [0.2, 0.25) is 0 Å². The fourth-order valence-electron chi connectivity index (χ4n) is 2.73. The van der Waals surface area contributed by atoms with E-state index in [1.54, 1.807) is 12.3 Å². The molecule has 0 unspecified atom stereocenters. The van der Waals surface area contributed by atoms with Gasteiger partial charge in [-0.1, -0.05) is 0 Å². The molecule has 2 aromatic carbocycles. The number of hydrogen-bond acceptors (Lipinski definition) is 5. The lowest BCUT2D eigenvalue weighted by molar-refractivity contribution is 0.102. The zero-order valence-corrected chi connectivity index (χ0v) is 17.1. The maximum absolute atomic E-state index is 12.6. The number of carbonyl (C=O) groups excluding carboxylic acids is 1. The van der Waals surface area contributed by atoms with Crippen LogP contribution in [0.1, 0.15) is 24.3 Å². The SMILES string of the molecule is CC(C)Oc1ccc(NC(=O)c2cc(Nc3ccc(N(C)C)cc3)ccn2)cc1. The van der Waals surface area contributed by atoms with E-state index in [2.05, 4.69) is 15.6 Å². The van der Waals surface area contributed by atoms with Crippen molar-refractivity contribution in [1.29, 1.82) is 0 Å². The number of nitrogens with one attached hydrogen (secondary N) is 2. The van der Waals surface area contributed by atoms with Crippen LogP contribution < -0.4 is 20.3 Å². The molecule has 6 heteroatoms. The van der Waals surface area contributed by atoms with E-state index < -0.39 is 0 Å². The Hall–Kier alpha value is -3.54. The third-order valence-corrected chi connectivity index (χ3v) is 4.15. The number of ether oxygens (including phenoxy) is 1. The standard InChI is InChI=1S/C23H26N4O2/c1-16(2)29-21-11-7-18(8-12-21)26-23(28)22-15-19(13-14-24-22)25-17-5-9-20(10-6-17)27(3)4/h5-16H,1-4H3,(H,24,25)(H,26,28). The minimum absolute atomic E-state index is 0.106. The molecule has 0 fully saturated rings. The van der Waals surface area contributed by atoms with E-state index in [0.29, 0.717) is 11.4 Å². The van der Waals surface area contributed by atoms with E-state index in [1.807, 2.05) is 87.4 Å². The van der Waals surface area contributed by atoms with Crippen molar-refractivity contribution in [2.24, 2.45) is 0 Å². The van der Waals surface area contributed by atoms with E-state index in [0.717, 1.165) is 22.8 Å². The largest absolute Gasteiger partial charge is 0.491 e. The second kappa shape index (κ2) is 9.10. The summed E-state index contributed by atoms with van der Waals surface area (Å²) in [6, 6.07) is 18.9. The molecular weight excluding hydrogens is 364 g/mol. The second-order valence-corrected chi connectivity index (χ2v) is 7.14. The zero-order chi connectivity index (χ0) is 20.8. The Morgan fingerprint density at radius 2 is 1.59 bits per heavy atom. The first-order valence-corrected chi connectivity index (χ1v) is 9.49. The highest BCUT2D eigenvalue weighted by Gasteiger charge is 2.09. The highest BCUT2D eigenvalue weighted by atomic mass is 16.5. The van der Waals surface area contributed by atoms with Gasteiger partial charge in [0, 0.05) is 43.0 Å². The predicted octanol–water partition coefficient (Wildman–Crippen LogP) is 4.93. The van der Waals surface area contributed by atoms with Gasteiger partial charge in [-0.25, -0.2) is 0 Å². The van der Waals surface area contributed by atoms with Gasteiger partial charge in [-0.05, 0) is 74.5 Å². The molecule has 3 rings (SSSR count). The first kappa shape index (κ1) is 20.2. The Bertz CT molecular complexity index is 951. The monoisotopic (exact) mass is 390 g/mol. The molecule has 6 nitrogen and oxygen atoms in total. The molecule has 1 aromatic heterocycles. The predicted molar refractivity (Wildman–Crippen MR) is 118 cm³/mol. The molecule has 0 radical (unpaired) electrons. The Labute approximate surface area is 171 Å². The molecule has 0 aliphatic rings. The normalized spacial score (nSPS) is 10.5. The number of hydrogen-bond donors (Lipinski definition) is 2. The molecule has 3 aromatic rings. The summed E-state index contributed by atoms with van der Waals surface area (Å²) in [6.07, 6.45) is 1.72. The van der Waals surface area contributed by atoms with E-state index in [-0.39, 0.29) is 12.0 Å². The zero-order valence-electron chi connectivity index (χ0n) is 17.1. The van der Waals surface area contributed by atoms with E-state index in [9.17, 15) is 4.79 Å². The smallest absolute Gasteiger partial charge is 0.274 e. The summed E-state index contributed by atoms with van der Waals surface area (Å²) in [5.74, 6) is 0.497. The first-order valence-electron chi connectivity index (χ1n) is 9.49. The van der Waals surface area contributed by atoms with Crippen molar-refractivity contribution < 1.29 is 9.53 Å². The molecule has 150 valence electrons. The van der Waals surface area contributed by atoms with Gasteiger partial charge < -0.3 is 20.3 Å². The molecule has 0 saturated carbocycles. The highest BCUT2D eigenvalue weighted by molar-refractivity contribution is 6.03. The van der Waals surface area contributed by atoms with Crippen LogP contribution in [0.4, 0.5) is 22.7 Å².